The van der Waals surface area contributed by atoms with Crippen LogP contribution in [-0.4, -0.2) is 39.9 Å². The third-order valence-electron chi connectivity index (χ3n) is 5.66. The molecular weight excluding hydrogens is 511 g/mol. The van der Waals surface area contributed by atoms with Crippen molar-refractivity contribution in [1.29, 1.82) is 0 Å². The van der Waals surface area contributed by atoms with Crippen LogP contribution in [0.2, 0.25) is 0 Å². The highest BCUT2D eigenvalue weighted by molar-refractivity contribution is 7.99. The van der Waals surface area contributed by atoms with Gasteiger partial charge in [-0.3, -0.25) is 14.7 Å². The summed E-state index contributed by atoms with van der Waals surface area (Å²) in [5.74, 6) is 1.81. The molecule has 0 saturated carbocycles. The molecule has 0 aliphatic rings. The quantitative estimate of drug-likeness (QED) is 0.127. The summed E-state index contributed by atoms with van der Waals surface area (Å²) in [7, 11) is 1.48. The molecule has 0 unspecified atom stereocenters. The maximum Gasteiger partial charge on any atom is 0.220 e. The average Bonchev–Trinajstić information content (AvgIpc) is 3.27. The first-order valence-corrected chi connectivity index (χ1v) is 12.8. The fraction of sp³-hybridized carbons (Fsp3) is 0.259. The Morgan fingerprint density at radius 3 is 2.50 bits per heavy atom. The zero-order valence-corrected chi connectivity index (χ0v) is 22.0. The summed E-state index contributed by atoms with van der Waals surface area (Å²) >= 11 is 1.23. The smallest absolute Gasteiger partial charge is 0.220 e. The predicted octanol–water partition coefficient (Wildman–Crippen LogP) is 5.81. The topological polar surface area (TPSA) is 102 Å². The van der Waals surface area contributed by atoms with Crippen molar-refractivity contribution >= 4 is 11.8 Å². The zero-order chi connectivity index (χ0) is 27.1. The van der Waals surface area contributed by atoms with E-state index in [1.807, 2.05) is 42.7 Å². The van der Waals surface area contributed by atoms with Crippen LogP contribution in [0.3, 0.4) is 0 Å². The van der Waals surface area contributed by atoms with E-state index in [1.54, 1.807) is 36.4 Å². The number of halogens is 1. The molecule has 0 spiro atoms. The molecule has 198 valence electrons. The Morgan fingerprint density at radius 2 is 1.82 bits per heavy atom. The number of benzene rings is 3. The molecule has 0 N–H and O–H groups in total. The molecule has 4 aromatic rings. The molecule has 1 heterocycles. The molecule has 9 nitrogen and oxygen atoms in total. The molecule has 1 atom stereocenters. The van der Waals surface area contributed by atoms with E-state index in [0.29, 0.717) is 40.2 Å². The molecule has 0 bridgehead atoms. The van der Waals surface area contributed by atoms with Crippen molar-refractivity contribution in [3.05, 3.63) is 99.6 Å². The molecular formula is C27H27FN4O5S. The minimum Gasteiger partial charge on any atom is -0.494 e. The number of ether oxygens (including phenoxy) is 3. The SMILES string of the molecule is CCOc1ccc(-n2c(C)nnc2S[C@@H](C[N+](=O)[O-])c2ccc(OCc3ccccc3F)c(OC)c2)cc1. The third-order valence-corrected chi connectivity index (χ3v) is 6.84. The van der Waals surface area contributed by atoms with Crippen LogP contribution in [-0.2, 0) is 6.61 Å². The van der Waals surface area contributed by atoms with E-state index in [9.17, 15) is 14.5 Å². The molecule has 38 heavy (non-hydrogen) atoms. The lowest BCUT2D eigenvalue weighted by molar-refractivity contribution is -0.479. The molecule has 0 aliphatic heterocycles. The van der Waals surface area contributed by atoms with Crippen LogP contribution in [0.5, 0.6) is 17.2 Å². The average molecular weight is 539 g/mol. The van der Waals surface area contributed by atoms with Gasteiger partial charge in [0.05, 0.1) is 13.7 Å². The lowest BCUT2D eigenvalue weighted by atomic mass is 10.1. The molecule has 11 heteroatoms. The predicted molar refractivity (Wildman–Crippen MR) is 141 cm³/mol. The highest BCUT2D eigenvalue weighted by Gasteiger charge is 2.25. The number of rotatable bonds is 12. The van der Waals surface area contributed by atoms with E-state index in [0.717, 1.165) is 11.4 Å². The molecule has 0 fully saturated rings. The number of aromatic nitrogens is 3. The van der Waals surface area contributed by atoms with Gasteiger partial charge < -0.3 is 14.2 Å². The van der Waals surface area contributed by atoms with Crippen molar-refractivity contribution in [3.63, 3.8) is 0 Å². The van der Waals surface area contributed by atoms with E-state index >= 15 is 0 Å². The van der Waals surface area contributed by atoms with Crippen LogP contribution in [0.4, 0.5) is 4.39 Å². The van der Waals surface area contributed by atoms with Gasteiger partial charge in [0.2, 0.25) is 6.54 Å². The Morgan fingerprint density at radius 1 is 1.05 bits per heavy atom. The van der Waals surface area contributed by atoms with Gasteiger partial charge in [-0.05, 0) is 61.9 Å². The van der Waals surface area contributed by atoms with E-state index in [1.165, 1.54) is 24.9 Å². The number of aryl methyl sites for hydroxylation is 1. The van der Waals surface area contributed by atoms with Crippen molar-refractivity contribution in [2.75, 3.05) is 20.3 Å². The fourth-order valence-corrected chi connectivity index (χ4v) is 4.99. The second-order valence-corrected chi connectivity index (χ2v) is 9.37. The van der Waals surface area contributed by atoms with Gasteiger partial charge in [0.1, 0.15) is 29.2 Å². The van der Waals surface area contributed by atoms with Gasteiger partial charge in [-0.1, -0.05) is 36.0 Å². The van der Waals surface area contributed by atoms with Gasteiger partial charge in [-0.2, -0.15) is 0 Å². The number of methoxy groups -OCH3 is 1. The van der Waals surface area contributed by atoms with E-state index in [2.05, 4.69) is 10.2 Å². The molecule has 0 amide bonds. The maximum absolute atomic E-state index is 14.0. The van der Waals surface area contributed by atoms with Crippen LogP contribution in [0.15, 0.2) is 71.9 Å². The van der Waals surface area contributed by atoms with Crippen molar-refractivity contribution in [2.24, 2.45) is 0 Å². The molecule has 0 radical (unpaired) electrons. The van der Waals surface area contributed by atoms with Gasteiger partial charge in [0.15, 0.2) is 16.7 Å². The first kappa shape index (κ1) is 26.9. The first-order chi connectivity index (χ1) is 18.4. The summed E-state index contributed by atoms with van der Waals surface area (Å²) in [6, 6.07) is 18.9. The van der Waals surface area contributed by atoms with Crippen molar-refractivity contribution < 1.29 is 23.5 Å². The van der Waals surface area contributed by atoms with Gasteiger partial charge in [0, 0.05) is 16.2 Å². The van der Waals surface area contributed by atoms with E-state index in [-0.39, 0.29) is 23.9 Å². The fourth-order valence-electron chi connectivity index (χ4n) is 3.82. The number of thioether (sulfide) groups is 1. The minimum absolute atomic E-state index is 0.0138. The second kappa shape index (κ2) is 12.4. The summed E-state index contributed by atoms with van der Waals surface area (Å²) < 4.78 is 32.6. The molecule has 0 aliphatic carbocycles. The van der Waals surface area contributed by atoms with Crippen LogP contribution >= 0.6 is 11.8 Å². The molecule has 3 aromatic carbocycles. The molecule has 1 aromatic heterocycles. The zero-order valence-electron chi connectivity index (χ0n) is 21.2. The Hall–Kier alpha value is -4.12. The number of hydrogen-bond donors (Lipinski definition) is 0. The second-order valence-electron chi connectivity index (χ2n) is 8.20. The first-order valence-electron chi connectivity index (χ1n) is 11.9. The summed E-state index contributed by atoms with van der Waals surface area (Å²) in [4.78, 5) is 11.2. The summed E-state index contributed by atoms with van der Waals surface area (Å²) in [6.45, 7) is 3.96. The number of nitro groups is 1. The van der Waals surface area contributed by atoms with E-state index < -0.39 is 5.25 Å². The van der Waals surface area contributed by atoms with Crippen LogP contribution < -0.4 is 14.2 Å². The standard InChI is InChI=1S/C27H27FN4O5S/c1-4-36-22-12-10-21(11-13-22)32-18(2)29-30-27(32)38-26(16-31(33)34)19-9-14-24(25(15-19)35-3)37-17-20-7-5-6-8-23(20)28/h5-15,26H,4,16-17H2,1-3H3/t26-/m0/s1. The molecule has 4 rings (SSSR count). The minimum atomic E-state index is -0.593. The number of nitrogens with zero attached hydrogens (tertiary/aromatic N) is 4. The lowest BCUT2D eigenvalue weighted by Crippen LogP contribution is -2.11. The Kier molecular flexibility index (Phi) is 8.80. The Bertz CT molecular complexity index is 1400. The van der Waals surface area contributed by atoms with Crippen molar-refractivity contribution in [1.82, 2.24) is 14.8 Å². The van der Waals surface area contributed by atoms with Gasteiger partial charge in [-0.25, -0.2) is 4.39 Å². The number of hydrogen-bond acceptors (Lipinski definition) is 8. The monoisotopic (exact) mass is 538 g/mol. The lowest BCUT2D eigenvalue weighted by Gasteiger charge is -2.17. The highest BCUT2D eigenvalue weighted by atomic mass is 32.2. The normalized spacial score (nSPS) is 11.7. The van der Waals surface area contributed by atoms with E-state index in [4.69, 9.17) is 14.2 Å². The van der Waals surface area contributed by atoms with Gasteiger partial charge in [0.25, 0.3) is 0 Å². The van der Waals surface area contributed by atoms with Crippen LogP contribution in [0.1, 0.15) is 29.1 Å². The highest BCUT2D eigenvalue weighted by Crippen LogP contribution is 2.39. The summed E-state index contributed by atoms with van der Waals surface area (Å²) in [6.07, 6.45) is 0. The van der Waals surface area contributed by atoms with Crippen LogP contribution in [0.25, 0.3) is 5.69 Å². The van der Waals surface area contributed by atoms with Gasteiger partial charge >= 0.3 is 0 Å². The summed E-state index contributed by atoms with van der Waals surface area (Å²) in [5.41, 5.74) is 1.87. The molecule has 0 saturated heterocycles. The van der Waals surface area contributed by atoms with Crippen LogP contribution in [0, 0.1) is 22.9 Å². The van der Waals surface area contributed by atoms with Crippen molar-refractivity contribution in [2.45, 2.75) is 30.9 Å². The van der Waals surface area contributed by atoms with Crippen molar-refractivity contribution in [3.8, 4) is 22.9 Å². The van der Waals surface area contributed by atoms with Gasteiger partial charge in [-0.15, -0.1) is 10.2 Å². The Balaban J connectivity index is 1.59. The maximum atomic E-state index is 14.0. The summed E-state index contributed by atoms with van der Waals surface area (Å²) in [5, 5.41) is 20.0. The Labute approximate surface area is 223 Å². The largest absolute Gasteiger partial charge is 0.494 e. The third kappa shape index (κ3) is 6.41.